The van der Waals surface area contributed by atoms with Gasteiger partial charge in [-0.3, -0.25) is 0 Å². The lowest BCUT2D eigenvalue weighted by Crippen LogP contribution is -2.37. The van der Waals surface area contributed by atoms with Gasteiger partial charge in [-0.1, -0.05) is 115 Å². The molecule has 4 aromatic rings. The van der Waals surface area contributed by atoms with Gasteiger partial charge in [0.1, 0.15) is 0 Å². The van der Waals surface area contributed by atoms with Crippen molar-refractivity contribution in [2.75, 3.05) is 0 Å². The molecular formula is C28H28Si. The van der Waals surface area contributed by atoms with Gasteiger partial charge in [-0.15, -0.1) is 0 Å². The van der Waals surface area contributed by atoms with Crippen LogP contribution in [0.2, 0.25) is 19.6 Å². The second-order valence-corrected chi connectivity index (χ2v) is 13.9. The van der Waals surface area contributed by atoms with E-state index in [1.165, 1.54) is 44.1 Å². The van der Waals surface area contributed by atoms with Crippen molar-refractivity contribution in [3.63, 3.8) is 0 Å². The van der Waals surface area contributed by atoms with Crippen molar-refractivity contribution in [1.82, 2.24) is 0 Å². The molecule has 144 valence electrons. The van der Waals surface area contributed by atoms with Crippen LogP contribution >= 0.6 is 0 Å². The van der Waals surface area contributed by atoms with Crippen molar-refractivity contribution in [2.24, 2.45) is 0 Å². The molecule has 0 aliphatic rings. The molecule has 0 N–H and O–H groups in total. The van der Waals surface area contributed by atoms with Crippen molar-refractivity contribution in [3.05, 3.63) is 103 Å². The molecule has 0 bridgehead atoms. The molecule has 0 amide bonds. The van der Waals surface area contributed by atoms with E-state index in [2.05, 4.69) is 124 Å². The normalized spacial score (nSPS) is 11.4. The molecule has 0 nitrogen and oxygen atoms in total. The Labute approximate surface area is 175 Å². The lowest BCUT2D eigenvalue weighted by atomic mass is 9.96. The first-order valence-electron chi connectivity index (χ1n) is 10.3. The third kappa shape index (κ3) is 4.41. The van der Waals surface area contributed by atoms with Gasteiger partial charge in [-0.05, 0) is 52.4 Å². The lowest BCUT2D eigenvalue weighted by Gasteiger charge is -2.17. The van der Waals surface area contributed by atoms with Crippen LogP contribution in [0.3, 0.4) is 0 Å². The summed E-state index contributed by atoms with van der Waals surface area (Å²) in [6, 6.07) is 35.6. The molecule has 0 atom stereocenters. The summed E-state index contributed by atoms with van der Waals surface area (Å²) in [5, 5.41) is 1.50. The Morgan fingerprint density at radius 2 is 0.828 bits per heavy atom. The maximum atomic E-state index is 2.40. The fourth-order valence-electron chi connectivity index (χ4n) is 3.75. The van der Waals surface area contributed by atoms with Crippen LogP contribution in [0.5, 0.6) is 0 Å². The van der Waals surface area contributed by atoms with Gasteiger partial charge in [0, 0.05) is 0 Å². The summed E-state index contributed by atoms with van der Waals surface area (Å²) in [6.07, 6.45) is 0. The average molecular weight is 393 g/mol. The molecule has 0 saturated carbocycles. The Kier molecular flexibility index (Phi) is 5.25. The van der Waals surface area contributed by atoms with Crippen molar-refractivity contribution < 1.29 is 0 Å². The molecule has 0 unspecified atom stereocenters. The van der Waals surface area contributed by atoms with Gasteiger partial charge in [-0.25, -0.2) is 0 Å². The Morgan fingerprint density at radius 3 is 1.28 bits per heavy atom. The molecule has 0 aromatic heterocycles. The monoisotopic (exact) mass is 392 g/mol. The lowest BCUT2D eigenvalue weighted by molar-refractivity contribution is 1.47. The van der Waals surface area contributed by atoms with Crippen molar-refractivity contribution in [2.45, 2.75) is 26.6 Å². The van der Waals surface area contributed by atoms with E-state index in [4.69, 9.17) is 0 Å². The molecule has 0 heterocycles. The maximum absolute atomic E-state index is 2.40. The zero-order valence-corrected chi connectivity index (χ0v) is 18.7. The predicted octanol–water partition coefficient (Wildman–Crippen LogP) is 7.54. The fraction of sp³-hybridized carbons (Fsp3) is 0.143. The first kappa shape index (κ1) is 19.4. The van der Waals surface area contributed by atoms with Crippen LogP contribution in [0.15, 0.2) is 97.1 Å². The van der Waals surface area contributed by atoms with Crippen molar-refractivity contribution >= 4 is 13.3 Å². The Balaban J connectivity index is 1.73. The Bertz CT molecular complexity index is 1150. The second-order valence-electron chi connectivity index (χ2n) is 8.86. The van der Waals surface area contributed by atoms with Gasteiger partial charge in [0.15, 0.2) is 0 Å². The Morgan fingerprint density at radius 1 is 0.448 bits per heavy atom. The van der Waals surface area contributed by atoms with Gasteiger partial charge < -0.3 is 0 Å². The van der Waals surface area contributed by atoms with Crippen LogP contribution in [0, 0.1) is 6.92 Å². The zero-order chi connectivity index (χ0) is 20.4. The molecule has 0 spiro atoms. The molecule has 0 saturated heterocycles. The van der Waals surface area contributed by atoms with Crippen LogP contribution in [-0.2, 0) is 0 Å². The molecule has 1 heteroatoms. The van der Waals surface area contributed by atoms with E-state index in [1.807, 2.05) is 0 Å². The van der Waals surface area contributed by atoms with E-state index in [0.29, 0.717) is 0 Å². The maximum Gasteiger partial charge on any atom is 0.0776 e. The summed E-state index contributed by atoms with van der Waals surface area (Å²) in [6.45, 7) is 9.35. The molecule has 4 rings (SSSR count). The first-order valence-corrected chi connectivity index (χ1v) is 13.8. The highest BCUT2D eigenvalue weighted by molar-refractivity contribution is 6.88. The SMILES string of the molecule is Cc1cccc(-c2cccc(-c3cccc(-c4cccc([Si](C)(C)C)c4)c3)c2)c1. The van der Waals surface area contributed by atoms with E-state index in [9.17, 15) is 0 Å². The van der Waals surface area contributed by atoms with E-state index in [0.717, 1.165) is 0 Å². The highest BCUT2D eigenvalue weighted by Gasteiger charge is 2.16. The largest absolute Gasteiger partial charge is 0.0776 e. The van der Waals surface area contributed by atoms with Crippen LogP contribution in [0.1, 0.15) is 5.56 Å². The smallest absolute Gasteiger partial charge is 0.0656 e. The minimum Gasteiger partial charge on any atom is -0.0656 e. The summed E-state index contributed by atoms with van der Waals surface area (Å²) in [5.74, 6) is 0. The minimum atomic E-state index is -1.32. The molecule has 0 radical (unpaired) electrons. The summed E-state index contributed by atoms with van der Waals surface area (Å²) in [7, 11) is -1.32. The molecular weight excluding hydrogens is 364 g/mol. The van der Waals surface area contributed by atoms with E-state index in [1.54, 1.807) is 0 Å². The number of aryl methyl sites for hydroxylation is 1. The molecule has 29 heavy (non-hydrogen) atoms. The molecule has 0 aliphatic carbocycles. The van der Waals surface area contributed by atoms with Crippen molar-refractivity contribution in [1.29, 1.82) is 0 Å². The van der Waals surface area contributed by atoms with E-state index in [-0.39, 0.29) is 0 Å². The van der Waals surface area contributed by atoms with E-state index < -0.39 is 8.07 Å². The summed E-state index contributed by atoms with van der Waals surface area (Å²) < 4.78 is 0. The van der Waals surface area contributed by atoms with Crippen LogP contribution in [-0.4, -0.2) is 8.07 Å². The molecule has 4 aromatic carbocycles. The van der Waals surface area contributed by atoms with Gasteiger partial charge in [0.25, 0.3) is 0 Å². The van der Waals surface area contributed by atoms with Gasteiger partial charge >= 0.3 is 0 Å². The first-order chi connectivity index (χ1) is 13.9. The zero-order valence-electron chi connectivity index (χ0n) is 17.7. The standard InChI is InChI=1S/C28H28Si/c1-21-9-5-10-22(17-21)23-11-6-12-24(18-23)25-13-7-14-26(19-25)27-15-8-16-28(20-27)29(2,3)4/h5-20H,1-4H3. The van der Waals surface area contributed by atoms with Crippen molar-refractivity contribution in [3.8, 4) is 33.4 Å². The van der Waals surface area contributed by atoms with E-state index >= 15 is 0 Å². The van der Waals surface area contributed by atoms with Crippen LogP contribution in [0.4, 0.5) is 0 Å². The third-order valence-corrected chi connectivity index (χ3v) is 7.51. The predicted molar refractivity (Wildman–Crippen MR) is 130 cm³/mol. The third-order valence-electron chi connectivity index (χ3n) is 5.47. The average Bonchev–Trinajstić information content (AvgIpc) is 2.73. The van der Waals surface area contributed by atoms with Gasteiger partial charge in [0.2, 0.25) is 0 Å². The second kappa shape index (κ2) is 7.85. The number of rotatable bonds is 4. The topological polar surface area (TPSA) is 0 Å². The fourth-order valence-corrected chi connectivity index (χ4v) is 4.93. The molecule has 0 fully saturated rings. The Hall–Kier alpha value is -2.90. The minimum absolute atomic E-state index is 1.26. The highest BCUT2D eigenvalue weighted by Crippen LogP contribution is 2.30. The van der Waals surface area contributed by atoms with Gasteiger partial charge in [0.05, 0.1) is 8.07 Å². The van der Waals surface area contributed by atoms with Crippen LogP contribution in [0.25, 0.3) is 33.4 Å². The van der Waals surface area contributed by atoms with Crippen LogP contribution < -0.4 is 5.19 Å². The molecule has 0 aliphatic heterocycles. The number of benzene rings is 4. The number of hydrogen-bond donors (Lipinski definition) is 0. The quantitative estimate of drug-likeness (QED) is 0.315. The highest BCUT2D eigenvalue weighted by atomic mass is 28.3. The van der Waals surface area contributed by atoms with Gasteiger partial charge in [-0.2, -0.15) is 0 Å². The summed E-state index contributed by atoms with van der Waals surface area (Å²) in [5.41, 5.74) is 8.92. The number of hydrogen-bond acceptors (Lipinski definition) is 0. The summed E-state index contributed by atoms with van der Waals surface area (Å²) >= 11 is 0. The summed E-state index contributed by atoms with van der Waals surface area (Å²) in [4.78, 5) is 0.